The summed E-state index contributed by atoms with van der Waals surface area (Å²) in [5.74, 6) is 1.84. The highest BCUT2D eigenvalue weighted by Crippen LogP contribution is 2.39. The lowest BCUT2D eigenvalue weighted by molar-refractivity contribution is -0.586. The van der Waals surface area contributed by atoms with Crippen LogP contribution in [0.4, 0.5) is 0 Å². The number of pyridine rings is 1. The van der Waals surface area contributed by atoms with Gasteiger partial charge in [0.25, 0.3) is 6.33 Å². The van der Waals surface area contributed by atoms with Crippen LogP contribution in [0, 0.1) is 13.3 Å². The van der Waals surface area contributed by atoms with Gasteiger partial charge in [-0.1, -0.05) is 170 Å². The van der Waals surface area contributed by atoms with Crippen LogP contribution in [-0.4, -0.2) is 14.0 Å². The SMILES string of the molecule is [2H]c1c([2H])c([2H])c(-c2cnc(-n3c4ccccc4c4ccc(Oc5cccc(-c6coc7c(-c8ccccc8)[n+](-c8c(-c9ccccc9)cccc8-c8ccccc8)[c-]n67)c5)cc43)cc2C)c([2H])c1[2H]. The van der Waals surface area contributed by atoms with E-state index in [1.165, 1.54) is 0 Å². The van der Waals surface area contributed by atoms with Crippen molar-refractivity contribution < 1.29 is 20.6 Å². The summed E-state index contributed by atoms with van der Waals surface area (Å²) in [5, 5.41) is 2.03. The van der Waals surface area contributed by atoms with Crippen LogP contribution in [-0.2, 0) is 0 Å². The van der Waals surface area contributed by atoms with Crippen LogP contribution in [0.5, 0.6) is 11.5 Å². The van der Waals surface area contributed by atoms with Crippen molar-refractivity contribution in [1.29, 1.82) is 0 Å². The van der Waals surface area contributed by atoms with E-state index in [-0.39, 0.29) is 29.7 Å². The van der Waals surface area contributed by atoms with Gasteiger partial charge in [-0.05, 0) is 87.8 Å². The number of imidazole rings is 1. The molecule has 0 radical (unpaired) electrons. The van der Waals surface area contributed by atoms with Gasteiger partial charge < -0.3 is 9.15 Å². The van der Waals surface area contributed by atoms with E-state index >= 15 is 0 Å². The molecule has 0 N–H and O–H groups in total. The first-order valence-corrected chi connectivity index (χ1v) is 21.4. The molecule has 0 amide bonds. The zero-order chi connectivity index (χ0) is 47.6. The molecule has 0 saturated heterocycles. The van der Waals surface area contributed by atoms with Gasteiger partial charge in [-0.25, -0.2) is 4.98 Å². The standard InChI is InChI=1S/C59H40N4O2/c1-40-34-56(60-37-52(40)43-22-10-4-11-23-43)63-53-31-15-14-28-50(53)51-33-32-47(36-54(51)63)65-46-27-16-26-45(35-46)55-38-64-59-57(44-24-12-5-13-25-44)62(39-61(55)59)58-48(41-18-6-2-7-19-41)29-17-30-49(58)42-20-8-3-9-21-42/h2-38H,1H3/i4D,10D,11D,22D,23D. The predicted octanol–water partition coefficient (Wildman–Crippen LogP) is 14.5. The van der Waals surface area contributed by atoms with E-state index in [2.05, 4.69) is 106 Å². The van der Waals surface area contributed by atoms with Crippen molar-refractivity contribution in [3.8, 4) is 78.9 Å². The molecule has 308 valence electrons. The van der Waals surface area contributed by atoms with Crippen LogP contribution >= 0.6 is 0 Å². The Hall–Kier alpha value is -8.74. The molecule has 4 aromatic heterocycles. The molecule has 4 heterocycles. The summed E-state index contributed by atoms with van der Waals surface area (Å²) in [6, 6.07) is 59.8. The Morgan fingerprint density at radius 2 is 1.20 bits per heavy atom. The Morgan fingerprint density at radius 1 is 0.569 bits per heavy atom. The lowest BCUT2D eigenvalue weighted by atomic mass is 9.95. The molecule has 0 aliphatic heterocycles. The van der Waals surface area contributed by atoms with Gasteiger partial charge in [0.15, 0.2) is 0 Å². The zero-order valence-corrected chi connectivity index (χ0v) is 35.1. The topological polar surface area (TPSA) is 48.5 Å². The minimum atomic E-state index is -0.432. The van der Waals surface area contributed by atoms with Crippen LogP contribution in [0.25, 0.3) is 94.9 Å². The second-order valence-corrected chi connectivity index (χ2v) is 15.9. The lowest BCUT2D eigenvalue weighted by Crippen LogP contribution is -2.33. The number of hydrogen-bond acceptors (Lipinski definition) is 3. The average molecular weight is 842 g/mol. The maximum atomic E-state index is 8.60. The molecule has 0 fully saturated rings. The molecular formula is C59H40N4O2. The third kappa shape index (κ3) is 6.67. The predicted molar refractivity (Wildman–Crippen MR) is 261 cm³/mol. The Morgan fingerprint density at radius 3 is 1.92 bits per heavy atom. The third-order valence-corrected chi connectivity index (χ3v) is 11.9. The molecule has 0 saturated carbocycles. The number of aromatic nitrogens is 4. The highest BCUT2D eigenvalue weighted by atomic mass is 16.5. The minimum Gasteiger partial charge on any atom is -0.472 e. The number of benzene rings is 8. The maximum Gasteiger partial charge on any atom is 0.272 e. The Kier molecular flexibility index (Phi) is 8.03. The average Bonchev–Trinajstić information content (AvgIpc) is 4.09. The highest BCUT2D eigenvalue weighted by Gasteiger charge is 2.25. The van der Waals surface area contributed by atoms with E-state index in [0.29, 0.717) is 34.2 Å². The van der Waals surface area contributed by atoms with Crippen LogP contribution < -0.4 is 9.30 Å². The number of nitrogens with zero attached hydrogens (tertiary/aromatic N) is 4. The molecule has 12 rings (SSSR count). The number of rotatable bonds is 9. The van der Waals surface area contributed by atoms with Crippen molar-refractivity contribution in [2.75, 3.05) is 0 Å². The van der Waals surface area contributed by atoms with Gasteiger partial charge in [-0.15, -0.1) is 0 Å². The van der Waals surface area contributed by atoms with E-state index in [1.54, 1.807) is 12.5 Å². The minimum absolute atomic E-state index is 0.120. The molecule has 0 bridgehead atoms. The Bertz CT molecular complexity index is 3910. The van der Waals surface area contributed by atoms with Crippen molar-refractivity contribution in [3.63, 3.8) is 0 Å². The number of oxazole rings is 1. The molecule has 0 unspecified atom stereocenters. The number of ether oxygens (including phenoxy) is 1. The monoisotopic (exact) mass is 841 g/mol. The van der Waals surface area contributed by atoms with Crippen LogP contribution in [0.15, 0.2) is 229 Å². The lowest BCUT2D eigenvalue weighted by Gasteiger charge is -2.18. The van der Waals surface area contributed by atoms with E-state index in [1.807, 2.05) is 102 Å². The van der Waals surface area contributed by atoms with Crippen molar-refractivity contribution in [2.45, 2.75) is 6.92 Å². The maximum absolute atomic E-state index is 8.60. The normalized spacial score (nSPS) is 12.5. The first kappa shape index (κ1) is 32.9. The fourth-order valence-corrected chi connectivity index (χ4v) is 8.95. The summed E-state index contributed by atoms with van der Waals surface area (Å²) in [7, 11) is 0. The number of aryl methyl sites for hydroxylation is 1. The highest BCUT2D eigenvalue weighted by molar-refractivity contribution is 6.09. The Labute approximate surface area is 383 Å². The van der Waals surface area contributed by atoms with Gasteiger partial charge in [-0.2, -0.15) is 0 Å². The van der Waals surface area contributed by atoms with Crippen LogP contribution in [0.2, 0.25) is 0 Å². The summed E-state index contributed by atoms with van der Waals surface area (Å²) in [6.45, 7) is 1.86. The van der Waals surface area contributed by atoms with E-state index in [0.717, 1.165) is 72.3 Å². The van der Waals surface area contributed by atoms with Gasteiger partial charge >= 0.3 is 0 Å². The molecule has 12 aromatic rings. The largest absolute Gasteiger partial charge is 0.472 e. The summed E-state index contributed by atoms with van der Waals surface area (Å²) in [5.41, 5.74) is 12.5. The summed E-state index contributed by atoms with van der Waals surface area (Å²) in [4.78, 5) is 4.86. The molecule has 0 atom stereocenters. The molecule has 0 aliphatic rings. The number of para-hydroxylation sites is 2. The third-order valence-electron chi connectivity index (χ3n) is 11.9. The van der Waals surface area contributed by atoms with Gasteiger partial charge in [-0.3, -0.25) is 13.5 Å². The number of fused-ring (bicyclic) bond motifs is 4. The first-order valence-electron chi connectivity index (χ1n) is 23.9. The molecular weight excluding hydrogens is 797 g/mol. The first-order chi connectivity index (χ1) is 34.2. The molecule has 65 heavy (non-hydrogen) atoms. The summed E-state index contributed by atoms with van der Waals surface area (Å²) in [6.07, 6.45) is 7.11. The fraction of sp³-hybridized carbons (Fsp3) is 0.0169. The quantitative estimate of drug-likeness (QED) is 0.107. The number of hydrogen-bond donors (Lipinski definition) is 0. The van der Waals surface area contributed by atoms with Crippen molar-refractivity contribution in [3.05, 3.63) is 237 Å². The Balaban J connectivity index is 0.955. The van der Waals surface area contributed by atoms with Gasteiger partial charge in [0.2, 0.25) is 5.71 Å². The van der Waals surface area contributed by atoms with E-state index in [9.17, 15) is 0 Å². The fourth-order valence-electron chi connectivity index (χ4n) is 8.95. The molecule has 6 heteroatoms. The van der Waals surface area contributed by atoms with Crippen LogP contribution in [0.1, 0.15) is 12.4 Å². The smallest absolute Gasteiger partial charge is 0.272 e. The molecule has 6 nitrogen and oxygen atoms in total. The van der Waals surface area contributed by atoms with E-state index < -0.39 is 6.04 Å². The summed E-state index contributed by atoms with van der Waals surface area (Å²) < 4.78 is 61.2. The molecule has 8 aromatic carbocycles. The van der Waals surface area contributed by atoms with Gasteiger partial charge in [0, 0.05) is 28.6 Å². The second kappa shape index (κ2) is 15.9. The zero-order valence-electron chi connectivity index (χ0n) is 40.1. The molecule has 0 aliphatic carbocycles. The second-order valence-electron chi connectivity index (χ2n) is 15.9. The van der Waals surface area contributed by atoms with Crippen molar-refractivity contribution in [1.82, 2.24) is 14.0 Å². The van der Waals surface area contributed by atoms with Crippen LogP contribution in [0.3, 0.4) is 0 Å². The van der Waals surface area contributed by atoms with E-state index in [4.69, 9.17) is 21.0 Å². The van der Waals surface area contributed by atoms with Crippen molar-refractivity contribution in [2.24, 2.45) is 0 Å². The summed E-state index contributed by atoms with van der Waals surface area (Å²) >= 11 is 0. The van der Waals surface area contributed by atoms with Crippen molar-refractivity contribution >= 4 is 27.5 Å². The molecule has 0 spiro atoms. The van der Waals surface area contributed by atoms with Gasteiger partial charge in [0.1, 0.15) is 28.7 Å². The van der Waals surface area contributed by atoms with Gasteiger partial charge in [0.05, 0.1) is 29.8 Å².